The Labute approximate surface area is 144 Å². The Kier molecular flexibility index (Phi) is 5.27. The third kappa shape index (κ3) is 4.48. The normalized spacial score (nSPS) is 23.3. The van der Waals surface area contributed by atoms with E-state index in [-0.39, 0.29) is 5.41 Å². The van der Waals surface area contributed by atoms with Crippen molar-refractivity contribution in [1.29, 1.82) is 0 Å². The molecule has 1 aliphatic carbocycles. The van der Waals surface area contributed by atoms with E-state index in [1.165, 1.54) is 37.2 Å². The predicted octanol–water partition coefficient (Wildman–Crippen LogP) is 2.68. The van der Waals surface area contributed by atoms with Crippen LogP contribution < -0.4 is 10.6 Å². The maximum Gasteiger partial charge on any atom is 0.191 e. The molecule has 0 bridgehead atoms. The Morgan fingerprint density at radius 1 is 1.35 bits per heavy atom. The van der Waals surface area contributed by atoms with Crippen LogP contribution in [-0.2, 0) is 5.41 Å². The number of likely N-dealkylation sites (tertiary alicyclic amines) is 1. The number of guanidine groups is 1. The summed E-state index contributed by atoms with van der Waals surface area (Å²) in [4.78, 5) is 8.47. The number of hydrogen-bond acceptors (Lipinski definition) is 3. The molecule has 1 aromatic heterocycles. The third-order valence-electron chi connectivity index (χ3n) is 5.05. The molecule has 3 rings (SSSR count). The molecule has 1 atom stereocenters. The summed E-state index contributed by atoms with van der Waals surface area (Å²) in [6.07, 6.45) is 4.16. The van der Waals surface area contributed by atoms with Crippen LogP contribution in [0.2, 0.25) is 0 Å². The number of aliphatic imine (C=N–C) groups is 1. The first-order chi connectivity index (χ1) is 11.1. The van der Waals surface area contributed by atoms with Crippen molar-refractivity contribution in [2.24, 2.45) is 10.9 Å². The summed E-state index contributed by atoms with van der Waals surface area (Å²) in [6, 6.07) is 5.25. The van der Waals surface area contributed by atoms with Crippen molar-refractivity contribution in [2.45, 2.75) is 44.6 Å². The van der Waals surface area contributed by atoms with Crippen LogP contribution in [0.15, 0.2) is 22.5 Å². The lowest BCUT2D eigenvalue weighted by Gasteiger charge is -2.25. The van der Waals surface area contributed by atoms with Crippen LogP contribution in [0.3, 0.4) is 0 Å². The predicted molar refractivity (Wildman–Crippen MR) is 99.4 cm³/mol. The molecular formula is C18H30N4S. The van der Waals surface area contributed by atoms with Crippen LogP contribution >= 0.6 is 11.3 Å². The van der Waals surface area contributed by atoms with E-state index in [1.54, 1.807) is 0 Å². The van der Waals surface area contributed by atoms with Crippen molar-refractivity contribution in [2.75, 3.05) is 33.2 Å². The lowest BCUT2D eigenvalue weighted by Crippen LogP contribution is -2.44. The highest BCUT2D eigenvalue weighted by molar-refractivity contribution is 7.10. The van der Waals surface area contributed by atoms with E-state index in [0.717, 1.165) is 31.0 Å². The minimum atomic E-state index is 0.127. The molecule has 0 spiro atoms. The Balaban J connectivity index is 1.41. The number of nitrogens with zero attached hydrogens (tertiary/aromatic N) is 2. The zero-order valence-corrected chi connectivity index (χ0v) is 15.5. The van der Waals surface area contributed by atoms with Gasteiger partial charge in [-0.05, 0) is 43.2 Å². The summed E-state index contributed by atoms with van der Waals surface area (Å²) in [5.74, 6) is 1.69. The molecule has 2 fully saturated rings. The first-order valence-electron chi connectivity index (χ1n) is 8.81. The molecule has 2 heterocycles. The molecule has 1 saturated heterocycles. The highest BCUT2D eigenvalue weighted by Gasteiger charge is 2.34. The molecule has 23 heavy (non-hydrogen) atoms. The standard InChI is InChI=1S/C18H30N4S/c1-18(2,16-5-4-10-23-16)13-21-17(19-3)20-11-14-8-9-22(12-14)15-6-7-15/h4-5,10,14-15H,6-9,11-13H2,1-3H3,(H2,19,20,21). The molecule has 5 heteroatoms. The van der Waals surface area contributed by atoms with Gasteiger partial charge in [0.25, 0.3) is 0 Å². The van der Waals surface area contributed by atoms with Gasteiger partial charge in [-0.1, -0.05) is 19.9 Å². The van der Waals surface area contributed by atoms with Gasteiger partial charge in [0.1, 0.15) is 0 Å². The summed E-state index contributed by atoms with van der Waals surface area (Å²) in [5.41, 5.74) is 0.127. The van der Waals surface area contributed by atoms with Crippen molar-refractivity contribution >= 4 is 17.3 Å². The van der Waals surface area contributed by atoms with Crippen LogP contribution in [0.4, 0.5) is 0 Å². The van der Waals surface area contributed by atoms with Gasteiger partial charge in [0, 0.05) is 43.0 Å². The number of thiophene rings is 1. The lowest BCUT2D eigenvalue weighted by molar-refractivity contribution is 0.314. The average Bonchev–Trinajstić information content (AvgIpc) is 3.05. The second-order valence-corrected chi connectivity index (χ2v) is 8.50. The molecule has 1 saturated carbocycles. The van der Waals surface area contributed by atoms with Crippen molar-refractivity contribution in [3.8, 4) is 0 Å². The second-order valence-electron chi connectivity index (χ2n) is 7.55. The summed E-state index contributed by atoms with van der Waals surface area (Å²) in [5, 5.41) is 9.17. The Morgan fingerprint density at radius 3 is 2.83 bits per heavy atom. The Hall–Kier alpha value is -1.07. The third-order valence-corrected chi connectivity index (χ3v) is 6.28. The van der Waals surface area contributed by atoms with Gasteiger partial charge < -0.3 is 15.5 Å². The number of rotatable bonds is 6. The van der Waals surface area contributed by atoms with Crippen molar-refractivity contribution in [1.82, 2.24) is 15.5 Å². The fourth-order valence-corrected chi connectivity index (χ4v) is 4.17. The van der Waals surface area contributed by atoms with Crippen molar-refractivity contribution < 1.29 is 0 Å². The highest BCUT2D eigenvalue weighted by Crippen LogP contribution is 2.31. The maximum absolute atomic E-state index is 4.38. The van der Waals surface area contributed by atoms with Crippen LogP contribution in [-0.4, -0.2) is 50.1 Å². The minimum Gasteiger partial charge on any atom is -0.356 e. The molecule has 4 nitrogen and oxygen atoms in total. The van der Waals surface area contributed by atoms with Crippen molar-refractivity contribution in [3.63, 3.8) is 0 Å². The topological polar surface area (TPSA) is 39.7 Å². The summed E-state index contributed by atoms with van der Waals surface area (Å²) >= 11 is 1.83. The number of nitrogens with one attached hydrogen (secondary N) is 2. The minimum absolute atomic E-state index is 0.127. The van der Waals surface area contributed by atoms with E-state index >= 15 is 0 Å². The molecular weight excluding hydrogens is 304 g/mol. The summed E-state index contributed by atoms with van der Waals surface area (Å²) < 4.78 is 0. The summed E-state index contributed by atoms with van der Waals surface area (Å²) in [7, 11) is 1.86. The first kappa shape index (κ1) is 16.8. The molecule has 128 valence electrons. The average molecular weight is 335 g/mol. The van der Waals surface area contributed by atoms with Crippen LogP contribution in [0.1, 0.15) is 38.0 Å². The Bertz CT molecular complexity index is 519. The molecule has 2 N–H and O–H groups in total. The van der Waals surface area contributed by atoms with Gasteiger partial charge in [-0.15, -0.1) is 11.3 Å². The smallest absolute Gasteiger partial charge is 0.191 e. The van der Waals surface area contributed by atoms with Gasteiger partial charge >= 0.3 is 0 Å². The van der Waals surface area contributed by atoms with Gasteiger partial charge in [-0.3, -0.25) is 4.99 Å². The van der Waals surface area contributed by atoms with Gasteiger partial charge in [-0.2, -0.15) is 0 Å². The quantitative estimate of drug-likeness (QED) is 0.621. The van der Waals surface area contributed by atoms with Gasteiger partial charge in [0.15, 0.2) is 5.96 Å². The van der Waals surface area contributed by atoms with E-state index in [2.05, 4.69) is 51.9 Å². The van der Waals surface area contributed by atoms with Gasteiger partial charge in [0.05, 0.1) is 0 Å². The fraction of sp³-hybridized carbons (Fsp3) is 0.722. The van der Waals surface area contributed by atoms with Crippen LogP contribution in [0.25, 0.3) is 0 Å². The molecule has 0 amide bonds. The van der Waals surface area contributed by atoms with E-state index in [0.29, 0.717) is 0 Å². The largest absolute Gasteiger partial charge is 0.356 e. The van der Waals surface area contributed by atoms with Crippen LogP contribution in [0.5, 0.6) is 0 Å². The molecule has 1 aliphatic heterocycles. The first-order valence-corrected chi connectivity index (χ1v) is 9.69. The fourth-order valence-electron chi connectivity index (χ4n) is 3.32. The lowest BCUT2D eigenvalue weighted by atomic mass is 9.91. The summed E-state index contributed by atoms with van der Waals surface area (Å²) in [6.45, 7) is 9.03. The van der Waals surface area contributed by atoms with E-state index in [4.69, 9.17) is 0 Å². The van der Waals surface area contributed by atoms with E-state index in [9.17, 15) is 0 Å². The SMILES string of the molecule is CN=C(NCC1CCN(C2CC2)C1)NCC(C)(C)c1cccs1. The van der Waals surface area contributed by atoms with Crippen LogP contribution in [0, 0.1) is 5.92 Å². The zero-order chi connectivity index (χ0) is 16.3. The van der Waals surface area contributed by atoms with Gasteiger partial charge in [0.2, 0.25) is 0 Å². The zero-order valence-electron chi connectivity index (χ0n) is 14.6. The second kappa shape index (κ2) is 7.22. The molecule has 0 aromatic carbocycles. The Morgan fingerprint density at radius 2 is 2.17 bits per heavy atom. The molecule has 1 unspecified atom stereocenters. The van der Waals surface area contributed by atoms with E-state index in [1.807, 2.05) is 18.4 Å². The highest BCUT2D eigenvalue weighted by atomic mass is 32.1. The monoisotopic (exact) mass is 334 g/mol. The number of hydrogen-bond donors (Lipinski definition) is 2. The molecule has 2 aliphatic rings. The molecule has 0 radical (unpaired) electrons. The molecule has 1 aromatic rings. The van der Waals surface area contributed by atoms with Gasteiger partial charge in [-0.25, -0.2) is 0 Å². The maximum atomic E-state index is 4.38. The van der Waals surface area contributed by atoms with Crippen molar-refractivity contribution in [3.05, 3.63) is 22.4 Å². The van der Waals surface area contributed by atoms with E-state index < -0.39 is 0 Å².